The fraction of sp³-hybridized carbons (Fsp3) is 0.348. The summed E-state index contributed by atoms with van der Waals surface area (Å²) in [5.74, 6) is 1.93. The van der Waals surface area contributed by atoms with Crippen molar-refractivity contribution in [2.45, 2.75) is 32.6 Å². The number of ether oxygens (including phenoxy) is 1. The predicted octanol–water partition coefficient (Wildman–Crippen LogP) is 4.77. The first-order valence-corrected chi connectivity index (χ1v) is 10.2. The molecule has 0 bridgehead atoms. The van der Waals surface area contributed by atoms with Gasteiger partial charge < -0.3 is 19.5 Å². The van der Waals surface area contributed by atoms with Crippen LogP contribution in [-0.4, -0.2) is 41.3 Å². The number of benzene rings is 2. The molecule has 2 aromatic carbocycles. The SMILES string of the molecule is COc1ccc(-c2noc(C3CCCN(C(=O)Nc4cccc(C)c4C)C3)n2)cc1. The lowest BCUT2D eigenvalue weighted by molar-refractivity contribution is 0.184. The van der Waals surface area contributed by atoms with Crippen LogP contribution >= 0.6 is 0 Å². The number of hydrogen-bond donors (Lipinski definition) is 1. The molecule has 1 aromatic heterocycles. The van der Waals surface area contributed by atoms with Crippen molar-refractivity contribution in [3.05, 3.63) is 59.5 Å². The van der Waals surface area contributed by atoms with Gasteiger partial charge in [0.1, 0.15) is 5.75 Å². The molecule has 1 atom stereocenters. The molecule has 3 aromatic rings. The van der Waals surface area contributed by atoms with Crippen LogP contribution in [0.4, 0.5) is 10.5 Å². The number of likely N-dealkylation sites (tertiary alicyclic amines) is 1. The van der Waals surface area contributed by atoms with Crippen molar-refractivity contribution in [2.75, 3.05) is 25.5 Å². The Morgan fingerprint density at radius 3 is 2.77 bits per heavy atom. The first kappa shape index (κ1) is 19.9. The highest BCUT2D eigenvalue weighted by molar-refractivity contribution is 5.90. The van der Waals surface area contributed by atoms with E-state index in [0.717, 1.165) is 41.0 Å². The normalized spacial score (nSPS) is 16.4. The molecular weight excluding hydrogens is 380 g/mol. The third kappa shape index (κ3) is 4.15. The van der Waals surface area contributed by atoms with Gasteiger partial charge in [-0.25, -0.2) is 4.79 Å². The number of rotatable bonds is 4. The van der Waals surface area contributed by atoms with Crippen LogP contribution in [0, 0.1) is 13.8 Å². The van der Waals surface area contributed by atoms with Gasteiger partial charge in [-0.2, -0.15) is 4.98 Å². The molecule has 7 nitrogen and oxygen atoms in total. The Balaban J connectivity index is 1.44. The van der Waals surface area contributed by atoms with Crippen molar-refractivity contribution in [2.24, 2.45) is 0 Å². The van der Waals surface area contributed by atoms with Gasteiger partial charge in [0.15, 0.2) is 0 Å². The number of hydrogen-bond acceptors (Lipinski definition) is 5. The maximum atomic E-state index is 12.8. The third-order valence-electron chi connectivity index (χ3n) is 5.69. The largest absolute Gasteiger partial charge is 0.497 e. The van der Waals surface area contributed by atoms with E-state index in [1.807, 2.05) is 61.2 Å². The minimum absolute atomic E-state index is 0.0302. The van der Waals surface area contributed by atoms with Crippen molar-refractivity contribution >= 4 is 11.7 Å². The summed E-state index contributed by atoms with van der Waals surface area (Å²) in [4.78, 5) is 19.2. The zero-order valence-electron chi connectivity index (χ0n) is 17.5. The molecule has 0 aliphatic carbocycles. The summed E-state index contributed by atoms with van der Waals surface area (Å²) in [6.45, 7) is 5.33. The Morgan fingerprint density at radius 2 is 2.00 bits per heavy atom. The summed E-state index contributed by atoms with van der Waals surface area (Å²) in [7, 11) is 1.63. The molecule has 4 rings (SSSR count). The minimum Gasteiger partial charge on any atom is -0.497 e. The molecule has 0 saturated carbocycles. The second kappa shape index (κ2) is 8.57. The molecule has 1 fully saturated rings. The van der Waals surface area contributed by atoms with E-state index in [1.165, 1.54) is 0 Å². The Kier molecular flexibility index (Phi) is 5.70. The number of nitrogens with one attached hydrogen (secondary N) is 1. The van der Waals surface area contributed by atoms with E-state index in [1.54, 1.807) is 7.11 Å². The summed E-state index contributed by atoms with van der Waals surface area (Å²) in [6, 6.07) is 13.4. The number of aromatic nitrogens is 2. The van der Waals surface area contributed by atoms with Gasteiger partial charge in [-0.15, -0.1) is 0 Å². The third-order valence-corrected chi connectivity index (χ3v) is 5.69. The Labute approximate surface area is 176 Å². The van der Waals surface area contributed by atoms with Gasteiger partial charge in [0.2, 0.25) is 11.7 Å². The second-order valence-corrected chi connectivity index (χ2v) is 7.65. The molecule has 1 saturated heterocycles. The van der Waals surface area contributed by atoms with E-state index in [0.29, 0.717) is 24.8 Å². The molecule has 2 amide bonds. The number of carbonyl (C=O) groups is 1. The lowest BCUT2D eigenvalue weighted by Crippen LogP contribution is -2.41. The van der Waals surface area contributed by atoms with Crippen LogP contribution in [0.15, 0.2) is 47.0 Å². The summed E-state index contributed by atoms with van der Waals surface area (Å²) in [6.07, 6.45) is 1.81. The number of urea groups is 1. The molecule has 0 spiro atoms. The van der Waals surface area contributed by atoms with E-state index < -0.39 is 0 Å². The maximum absolute atomic E-state index is 12.8. The number of piperidine rings is 1. The number of methoxy groups -OCH3 is 1. The van der Waals surface area contributed by atoms with Crippen LogP contribution in [0.3, 0.4) is 0 Å². The molecule has 156 valence electrons. The second-order valence-electron chi connectivity index (χ2n) is 7.65. The van der Waals surface area contributed by atoms with E-state index in [4.69, 9.17) is 9.26 Å². The molecule has 1 unspecified atom stereocenters. The fourth-order valence-corrected chi connectivity index (χ4v) is 3.70. The molecule has 1 aliphatic heterocycles. The van der Waals surface area contributed by atoms with Gasteiger partial charge in [-0.3, -0.25) is 0 Å². The van der Waals surface area contributed by atoms with E-state index in [9.17, 15) is 4.79 Å². The number of nitrogens with zero attached hydrogens (tertiary/aromatic N) is 3. The van der Waals surface area contributed by atoms with Crippen LogP contribution in [0.1, 0.15) is 35.8 Å². The zero-order valence-corrected chi connectivity index (χ0v) is 17.5. The maximum Gasteiger partial charge on any atom is 0.321 e. The first-order valence-electron chi connectivity index (χ1n) is 10.2. The molecule has 1 aliphatic rings. The van der Waals surface area contributed by atoms with E-state index in [2.05, 4.69) is 15.5 Å². The highest BCUT2D eigenvalue weighted by Gasteiger charge is 2.29. The lowest BCUT2D eigenvalue weighted by atomic mass is 9.98. The van der Waals surface area contributed by atoms with Gasteiger partial charge in [-0.05, 0) is 68.1 Å². The van der Waals surface area contributed by atoms with E-state index >= 15 is 0 Å². The van der Waals surface area contributed by atoms with Crippen molar-refractivity contribution in [1.82, 2.24) is 15.0 Å². The van der Waals surface area contributed by atoms with Crippen molar-refractivity contribution in [1.29, 1.82) is 0 Å². The van der Waals surface area contributed by atoms with E-state index in [-0.39, 0.29) is 11.9 Å². The van der Waals surface area contributed by atoms with Crippen molar-refractivity contribution in [3.63, 3.8) is 0 Å². The standard InChI is InChI=1S/C23H26N4O3/c1-15-6-4-8-20(16(15)2)24-23(28)27-13-5-7-18(14-27)22-25-21(26-30-22)17-9-11-19(29-3)12-10-17/h4,6,8-12,18H,5,7,13-14H2,1-3H3,(H,24,28). The Hall–Kier alpha value is -3.35. The Bertz CT molecular complexity index is 1030. The first-order chi connectivity index (χ1) is 14.5. The molecule has 7 heteroatoms. The molecular formula is C23H26N4O3. The summed E-state index contributed by atoms with van der Waals surface area (Å²) in [5.41, 5.74) is 3.95. The van der Waals surface area contributed by atoms with Crippen LogP contribution in [0.5, 0.6) is 5.75 Å². The van der Waals surface area contributed by atoms with Gasteiger partial charge in [-0.1, -0.05) is 17.3 Å². The predicted molar refractivity (Wildman–Crippen MR) is 115 cm³/mol. The number of anilines is 1. The number of aryl methyl sites for hydroxylation is 1. The van der Waals surface area contributed by atoms with Gasteiger partial charge >= 0.3 is 6.03 Å². The van der Waals surface area contributed by atoms with Gasteiger partial charge in [0.25, 0.3) is 0 Å². The molecule has 30 heavy (non-hydrogen) atoms. The summed E-state index contributed by atoms with van der Waals surface area (Å²) in [5, 5.41) is 7.17. The van der Waals surface area contributed by atoms with Crippen LogP contribution < -0.4 is 10.1 Å². The lowest BCUT2D eigenvalue weighted by Gasteiger charge is -2.31. The van der Waals surface area contributed by atoms with Crippen LogP contribution in [0.2, 0.25) is 0 Å². The number of amides is 2. The van der Waals surface area contributed by atoms with Crippen molar-refractivity contribution < 1.29 is 14.1 Å². The summed E-state index contributed by atoms with van der Waals surface area (Å²) < 4.78 is 10.7. The summed E-state index contributed by atoms with van der Waals surface area (Å²) >= 11 is 0. The fourth-order valence-electron chi connectivity index (χ4n) is 3.70. The number of carbonyl (C=O) groups excluding carboxylic acids is 1. The average molecular weight is 406 g/mol. The highest BCUT2D eigenvalue weighted by Crippen LogP contribution is 2.29. The quantitative estimate of drug-likeness (QED) is 0.675. The minimum atomic E-state index is -0.0942. The topological polar surface area (TPSA) is 80.5 Å². The highest BCUT2D eigenvalue weighted by atomic mass is 16.5. The van der Waals surface area contributed by atoms with Crippen LogP contribution in [0.25, 0.3) is 11.4 Å². The Morgan fingerprint density at radius 1 is 1.20 bits per heavy atom. The van der Waals surface area contributed by atoms with Crippen molar-refractivity contribution in [3.8, 4) is 17.1 Å². The van der Waals surface area contributed by atoms with Crippen LogP contribution in [-0.2, 0) is 0 Å². The zero-order chi connectivity index (χ0) is 21.1. The molecule has 0 radical (unpaired) electrons. The van der Waals surface area contributed by atoms with Gasteiger partial charge in [0.05, 0.1) is 13.0 Å². The smallest absolute Gasteiger partial charge is 0.321 e. The average Bonchev–Trinajstić information content (AvgIpc) is 3.27. The molecule has 2 heterocycles. The monoisotopic (exact) mass is 406 g/mol. The van der Waals surface area contributed by atoms with Gasteiger partial charge in [0, 0.05) is 24.3 Å². The molecule has 1 N–H and O–H groups in total.